The minimum absolute atomic E-state index is 0.186. The summed E-state index contributed by atoms with van der Waals surface area (Å²) in [6, 6.07) is 19.2. The lowest BCUT2D eigenvalue weighted by Gasteiger charge is -2.22. The van der Waals surface area contributed by atoms with Crippen LogP contribution in [0.1, 0.15) is 26.4 Å². The van der Waals surface area contributed by atoms with Crippen LogP contribution in [0.5, 0.6) is 11.5 Å². The van der Waals surface area contributed by atoms with E-state index in [1.54, 1.807) is 35.7 Å². The normalized spacial score (nSPS) is 10.6. The molecule has 0 aliphatic heterocycles. The summed E-state index contributed by atoms with van der Waals surface area (Å²) in [6.45, 7) is 0.352. The van der Waals surface area contributed by atoms with Crippen molar-refractivity contribution in [1.29, 1.82) is 0 Å². The predicted molar refractivity (Wildman–Crippen MR) is 142 cm³/mol. The molecule has 0 aliphatic rings. The van der Waals surface area contributed by atoms with E-state index in [1.807, 2.05) is 30.3 Å². The molecule has 1 aromatic heterocycles. The highest BCUT2D eigenvalue weighted by molar-refractivity contribution is 7.14. The average Bonchev–Trinajstić information content (AvgIpc) is 3.37. The molecule has 0 aliphatic carbocycles. The molecule has 10 heteroatoms. The Morgan fingerprint density at radius 2 is 1.72 bits per heavy atom. The van der Waals surface area contributed by atoms with Crippen molar-refractivity contribution in [3.8, 4) is 11.5 Å². The topological polar surface area (TPSA) is 80.8 Å². The molecule has 0 bridgehead atoms. The van der Waals surface area contributed by atoms with Gasteiger partial charge in [-0.1, -0.05) is 53.5 Å². The smallest absolute Gasteiger partial charge is 0.271 e. The summed E-state index contributed by atoms with van der Waals surface area (Å²) < 4.78 is 10.7. The van der Waals surface area contributed by atoms with Crippen molar-refractivity contribution in [2.75, 3.05) is 19.1 Å². The Morgan fingerprint density at radius 1 is 0.972 bits per heavy atom. The van der Waals surface area contributed by atoms with Gasteiger partial charge in [-0.05, 0) is 35.9 Å². The van der Waals surface area contributed by atoms with Crippen LogP contribution in [-0.4, -0.2) is 31.0 Å². The summed E-state index contributed by atoms with van der Waals surface area (Å²) >= 11 is 13.5. The Kier molecular flexibility index (Phi) is 8.10. The van der Waals surface area contributed by atoms with E-state index in [1.165, 1.54) is 25.2 Å². The van der Waals surface area contributed by atoms with Crippen molar-refractivity contribution >= 4 is 57.2 Å². The van der Waals surface area contributed by atoms with Gasteiger partial charge < -0.3 is 14.8 Å². The number of carbonyl (C=O) groups is 2. The number of nitrogens with one attached hydrogen (secondary N) is 1. The van der Waals surface area contributed by atoms with E-state index in [9.17, 15) is 9.59 Å². The van der Waals surface area contributed by atoms with E-state index in [0.29, 0.717) is 28.8 Å². The summed E-state index contributed by atoms with van der Waals surface area (Å²) in [4.78, 5) is 32.3. The molecule has 0 saturated heterocycles. The predicted octanol–water partition coefficient (Wildman–Crippen LogP) is 6.38. The molecule has 4 rings (SSSR count). The molecular formula is C26H21Cl2N3O4S. The molecule has 0 atom stereocenters. The van der Waals surface area contributed by atoms with Gasteiger partial charge in [-0.15, -0.1) is 11.3 Å². The molecule has 184 valence electrons. The first-order valence-corrected chi connectivity index (χ1v) is 12.3. The number of anilines is 2. The van der Waals surface area contributed by atoms with Crippen LogP contribution in [0.3, 0.4) is 0 Å². The van der Waals surface area contributed by atoms with Crippen LogP contribution in [0.15, 0.2) is 72.1 Å². The number of amides is 2. The number of methoxy groups -OCH3 is 2. The fourth-order valence-corrected chi connectivity index (χ4v) is 4.71. The fraction of sp³-hybridized carbons (Fsp3) is 0.115. The first-order chi connectivity index (χ1) is 17.4. The van der Waals surface area contributed by atoms with E-state index in [2.05, 4.69) is 10.3 Å². The van der Waals surface area contributed by atoms with Gasteiger partial charge in [-0.2, -0.15) is 0 Å². The Labute approximate surface area is 222 Å². The molecular weight excluding hydrogens is 521 g/mol. The molecule has 0 radical (unpaired) electrons. The third kappa shape index (κ3) is 5.62. The highest BCUT2D eigenvalue weighted by Gasteiger charge is 2.27. The second-order valence-corrected chi connectivity index (χ2v) is 9.17. The Morgan fingerprint density at radius 3 is 2.42 bits per heavy atom. The van der Waals surface area contributed by atoms with Crippen molar-refractivity contribution in [2.45, 2.75) is 6.54 Å². The summed E-state index contributed by atoms with van der Waals surface area (Å²) in [5, 5.41) is 5.32. The number of thiazole rings is 1. The van der Waals surface area contributed by atoms with Gasteiger partial charge >= 0.3 is 0 Å². The summed E-state index contributed by atoms with van der Waals surface area (Å²) in [5.74, 6) is 0.116. The molecule has 7 nitrogen and oxygen atoms in total. The van der Waals surface area contributed by atoms with Crippen molar-refractivity contribution in [1.82, 2.24) is 10.3 Å². The Hall–Kier alpha value is -3.59. The van der Waals surface area contributed by atoms with Crippen LogP contribution >= 0.6 is 34.5 Å². The zero-order chi connectivity index (χ0) is 25.7. The van der Waals surface area contributed by atoms with E-state index < -0.39 is 5.91 Å². The number of hydrogen-bond donors (Lipinski definition) is 1. The van der Waals surface area contributed by atoms with E-state index in [0.717, 1.165) is 16.9 Å². The van der Waals surface area contributed by atoms with Gasteiger partial charge in [0.25, 0.3) is 11.8 Å². The zero-order valence-corrected chi connectivity index (χ0v) is 21.7. The highest BCUT2D eigenvalue weighted by Crippen LogP contribution is 2.37. The second kappa shape index (κ2) is 11.4. The summed E-state index contributed by atoms with van der Waals surface area (Å²) in [7, 11) is 3.03. The van der Waals surface area contributed by atoms with Crippen LogP contribution in [0.25, 0.3) is 0 Å². The second-order valence-electron chi connectivity index (χ2n) is 7.49. The number of ether oxygens (including phenoxy) is 2. The molecule has 2 amide bonds. The van der Waals surface area contributed by atoms with Gasteiger partial charge in [0.15, 0.2) is 16.6 Å². The maximum atomic E-state index is 13.7. The third-order valence-corrected chi connectivity index (χ3v) is 6.58. The van der Waals surface area contributed by atoms with Gasteiger partial charge in [0.05, 0.1) is 30.5 Å². The first kappa shape index (κ1) is 25.5. The average molecular weight is 542 g/mol. The van der Waals surface area contributed by atoms with Crippen LogP contribution in [0.2, 0.25) is 10.0 Å². The lowest BCUT2D eigenvalue weighted by atomic mass is 10.1. The minimum Gasteiger partial charge on any atom is -0.493 e. The number of halogens is 2. The lowest BCUT2D eigenvalue weighted by Crippen LogP contribution is -2.27. The summed E-state index contributed by atoms with van der Waals surface area (Å²) in [5.41, 5.74) is 1.82. The molecule has 1 heterocycles. The van der Waals surface area contributed by atoms with Gasteiger partial charge in [0.1, 0.15) is 5.69 Å². The third-order valence-electron chi connectivity index (χ3n) is 5.20. The maximum absolute atomic E-state index is 13.7. The van der Waals surface area contributed by atoms with E-state index in [4.69, 9.17) is 32.7 Å². The monoisotopic (exact) mass is 541 g/mol. The van der Waals surface area contributed by atoms with Gasteiger partial charge in [-0.3, -0.25) is 14.5 Å². The minimum atomic E-state index is -0.450. The van der Waals surface area contributed by atoms with Crippen LogP contribution < -0.4 is 19.7 Å². The zero-order valence-electron chi connectivity index (χ0n) is 19.3. The standard InChI is InChI=1S/C26H21Cl2N3O4S/c1-34-22-11-9-18(13-23(22)35-2)31(25(33)19-10-8-17(27)12-20(19)28)26-30-21(15-36-26)24(32)29-14-16-6-4-3-5-7-16/h3-13,15H,14H2,1-2H3,(H,29,32). The number of hydrogen-bond acceptors (Lipinski definition) is 6. The SMILES string of the molecule is COc1ccc(N(C(=O)c2ccc(Cl)cc2Cl)c2nc(C(=O)NCc3ccccc3)cs2)cc1OC. The van der Waals surface area contributed by atoms with Gasteiger partial charge in [-0.25, -0.2) is 4.98 Å². The van der Waals surface area contributed by atoms with Gasteiger partial charge in [0.2, 0.25) is 0 Å². The number of benzene rings is 3. The summed E-state index contributed by atoms with van der Waals surface area (Å²) in [6.07, 6.45) is 0. The lowest BCUT2D eigenvalue weighted by molar-refractivity contribution is 0.0944. The molecule has 0 fully saturated rings. The van der Waals surface area contributed by atoms with Crippen molar-refractivity contribution < 1.29 is 19.1 Å². The maximum Gasteiger partial charge on any atom is 0.271 e. The molecule has 36 heavy (non-hydrogen) atoms. The van der Waals surface area contributed by atoms with E-state index >= 15 is 0 Å². The number of carbonyl (C=O) groups excluding carboxylic acids is 2. The molecule has 0 unspecified atom stereocenters. The molecule has 4 aromatic rings. The molecule has 1 N–H and O–H groups in total. The van der Waals surface area contributed by atoms with Crippen molar-refractivity contribution in [3.05, 3.63) is 99.0 Å². The fourth-order valence-electron chi connectivity index (χ4n) is 3.40. The Bertz CT molecular complexity index is 1400. The first-order valence-electron chi connectivity index (χ1n) is 10.7. The van der Waals surface area contributed by atoms with Crippen LogP contribution in [0, 0.1) is 0 Å². The Balaban J connectivity index is 1.69. The van der Waals surface area contributed by atoms with Crippen LogP contribution in [0.4, 0.5) is 10.8 Å². The van der Waals surface area contributed by atoms with Crippen LogP contribution in [-0.2, 0) is 6.54 Å². The molecule has 0 spiro atoms. The van der Waals surface area contributed by atoms with Crippen molar-refractivity contribution in [3.63, 3.8) is 0 Å². The molecule has 0 saturated carbocycles. The number of nitrogens with zero attached hydrogens (tertiary/aromatic N) is 2. The number of aromatic nitrogens is 1. The number of rotatable bonds is 8. The van der Waals surface area contributed by atoms with E-state index in [-0.39, 0.29) is 27.3 Å². The molecule has 3 aromatic carbocycles. The quantitative estimate of drug-likeness (QED) is 0.280. The van der Waals surface area contributed by atoms with Crippen molar-refractivity contribution in [2.24, 2.45) is 0 Å². The largest absolute Gasteiger partial charge is 0.493 e. The van der Waals surface area contributed by atoms with Gasteiger partial charge in [0, 0.05) is 23.0 Å². The highest BCUT2D eigenvalue weighted by atomic mass is 35.5.